The smallest absolute Gasteiger partial charge is 0.224 e. The monoisotopic (exact) mass is 369 g/mol. The topological polar surface area (TPSA) is 65.0 Å². The maximum Gasteiger partial charge on any atom is 0.224 e. The lowest BCUT2D eigenvalue weighted by molar-refractivity contribution is -0.117. The Labute approximate surface area is 160 Å². The third-order valence-corrected chi connectivity index (χ3v) is 4.32. The van der Waals surface area contributed by atoms with Crippen molar-refractivity contribution in [1.29, 1.82) is 5.41 Å². The molecule has 0 aliphatic rings. The molecule has 27 heavy (non-hydrogen) atoms. The zero-order valence-corrected chi connectivity index (χ0v) is 16.7. The van der Waals surface area contributed by atoms with Crippen LogP contribution in [0.5, 0.6) is 0 Å². The molecule has 0 saturated carbocycles. The van der Waals surface area contributed by atoms with Crippen molar-refractivity contribution in [3.8, 4) is 0 Å². The maximum absolute atomic E-state index is 13.0. The van der Waals surface area contributed by atoms with Gasteiger partial charge in [0.1, 0.15) is 5.82 Å². The number of benzene rings is 2. The molecule has 2 aromatic carbocycles. The van der Waals surface area contributed by atoms with Crippen molar-refractivity contribution < 1.29 is 9.18 Å². The molecule has 0 heterocycles. The first kappa shape index (κ1) is 20.6. The van der Waals surface area contributed by atoms with Crippen molar-refractivity contribution in [2.45, 2.75) is 47.6 Å². The fourth-order valence-corrected chi connectivity index (χ4v) is 2.99. The summed E-state index contributed by atoms with van der Waals surface area (Å²) in [6, 6.07) is 8.25. The Kier molecular flexibility index (Phi) is 6.37. The highest BCUT2D eigenvalue weighted by Gasteiger charge is 2.19. The first-order valence-corrected chi connectivity index (χ1v) is 9.03. The molecule has 2 rings (SSSR count). The Morgan fingerprint density at radius 1 is 1.19 bits per heavy atom. The van der Waals surface area contributed by atoms with E-state index >= 15 is 0 Å². The predicted octanol–water partition coefficient (Wildman–Crippen LogP) is 5.43. The minimum Gasteiger partial charge on any atom is -0.380 e. The van der Waals surface area contributed by atoms with E-state index in [0.29, 0.717) is 13.0 Å². The third-order valence-electron chi connectivity index (χ3n) is 4.32. The summed E-state index contributed by atoms with van der Waals surface area (Å²) in [6.07, 6.45) is 1.72. The summed E-state index contributed by atoms with van der Waals surface area (Å²) in [5.74, 6) is -0.294. The summed E-state index contributed by atoms with van der Waals surface area (Å²) in [5, 5.41) is 14.1. The van der Waals surface area contributed by atoms with Crippen molar-refractivity contribution in [2.75, 3.05) is 10.6 Å². The third kappa shape index (κ3) is 5.64. The predicted molar refractivity (Wildman–Crippen MR) is 110 cm³/mol. The SMILES string of the molecule is Cc1cc(NCc2ccc(F)cc2)c(C=N)c(C)c1NC(=O)CC(C)(C)C. The number of carbonyl (C=O) groups is 1. The molecule has 0 bridgehead atoms. The van der Waals surface area contributed by atoms with Crippen molar-refractivity contribution in [3.63, 3.8) is 0 Å². The molecule has 0 fully saturated rings. The Morgan fingerprint density at radius 2 is 1.81 bits per heavy atom. The number of halogens is 1. The molecular weight excluding hydrogens is 341 g/mol. The van der Waals surface area contributed by atoms with Gasteiger partial charge in [-0.15, -0.1) is 0 Å². The molecule has 2 aromatic rings. The second kappa shape index (κ2) is 8.33. The summed E-state index contributed by atoms with van der Waals surface area (Å²) in [7, 11) is 0. The van der Waals surface area contributed by atoms with E-state index in [1.165, 1.54) is 18.3 Å². The molecule has 1 amide bonds. The highest BCUT2D eigenvalue weighted by molar-refractivity contribution is 5.97. The largest absolute Gasteiger partial charge is 0.380 e. The van der Waals surface area contributed by atoms with Gasteiger partial charge >= 0.3 is 0 Å². The van der Waals surface area contributed by atoms with Gasteiger partial charge in [-0.3, -0.25) is 4.79 Å². The van der Waals surface area contributed by atoms with Crippen LogP contribution in [0.4, 0.5) is 15.8 Å². The number of carbonyl (C=O) groups excluding carboxylic acids is 1. The fourth-order valence-electron chi connectivity index (χ4n) is 2.99. The van der Waals surface area contributed by atoms with Crippen molar-refractivity contribution in [3.05, 3.63) is 58.4 Å². The van der Waals surface area contributed by atoms with E-state index < -0.39 is 0 Å². The second-order valence-corrected chi connectivity index (χ2v) is 8.06. The van der Waals surface area contributed by atoms with E-state index in [-0.39, 0.29) is 17.1 Å². The van der Waals surface area contributed by atoms with Crippen LogP contribution in [-0.4, -0.2) is 12.1 Å². The minimum absolute atomic E-state index is 0.0309. The summed E-state index contributed by atoms with van der Waals surface area (Å²) < 4.78 is 13.0. The second-order valence-electron chi connectivity index (χ2n) is 8.06. The van der Waals surface area contributed by atoms with Crippen LogP contribution in [0.3, 0.4) is 0 Å². The van der Waals surface area contributed by atoms with Crippen LogP contribution in [0.1, 0.15) is 49.4 Å². The minimum atomic E-state index is -0.263. The number of anilines is 2. The molecule has 3 N–H and O–H groups in total. The van der Waals surface area contributed by atoms with Crippen molar-refractivity contribution in [1.82, 2.24) is 0 Å². The van der Waals surface area contributed by atoms with Crippen LogP contribution in [0.25, 0.3) is 0 Å². The molecular formula is C22H28FN3O. The maximum atomic E-state index is 13.0. The molecule has 4 nitrogen and oxygen atoms in total. The molecule has 0 aromatic heterocycles. The highest BCUT2D eigenvalue weighted by Crippen LogP contribution is 2.30. The van der Waals surface area contributed by atoms with Gasteiger partial charge in [0, 0.05) is 36.1 Å². The zero-order valence-electron chi connectivity index (χ0n) is 16.7. The van der Waals surface area contributed by atoms with Crippen molar-refractivity contribution in [2.24, 2.45) is 5.41 Å². The Morgan fingerprint density at radius 3 is 2.37 bits per heavy atom. The molecule has 5 heteroatoms. The van der Waals surface area contributed by atoms with Crippen LogP contribution in [0, 0.1) is 30.5 Å². The number of amides is 1. The van der Waals surface area contributed by atoms with E-state index in [0.717, 1.165) is 33.6 Å². The highest BCUT2D eigenvalue weighted by atomic mass is 19.1. The van der Waals surface area contributed by atoms with E-state index in [1.54, 1.807) is 12.1 Å². The summed E-state index contributed by atoms with van der Waals surface area (Å²) in [4.78, 5) is 12.3. The van der Waals surface area contributed by atoms with Crippen LogP contribution < -0.4 is 10.6 Å². The molecule has 0 aliphatic carbocycles. The van der Waals surface area contributed by atoms with E-state index in [4.69, 9.17) is 5.41 Å². The number of hydrogen-bond acceptors (Lipinski definition) is 3. The van der Waals surface area contributed by atoms with E-state index in [1.807, 2.05) is 40.7 Å². The van der Waals surface area contributed by atoms with Gasteiger partial charge in [-0.1, -0.05) is 32.9 Å². The van der Waals surface area contributed by atoms with Gasteiger partial charge in [-0.25, -0.2) is 4.39 Å². The average molecular weight is 369 g/mol. The fraction of sp³-hybridized carbons (Fsp3) is 0.364. The summed E-state index contributed by atoms with van der Waals surface area (Å²) in [6.45, 7) is 10.4. The van der Waals surface area contributed by atoms with Crippen LogP contribution in [0.2, 0.25) is 0 Å². The number of nitrogens with one attached hydrogen (secondary N) is 3. The molecule has 0 spiro atoms. The quantitative estimate of drug-likeness (QED) is 0.595. The average Bonchev–Trinajstić information content (AvgIpc) is 2.56. The van der Waals surface area contributed by atoms with Gasteiger partial charge in [0.15, 0.2) is 0 Å². The van der Waals surface area contributed by atoms with Gasteiger partial charge in [0.25, 0.3) is 0 Å². The lowest BCUT2D eigenvalue weighted by Gasteiger charge is -2.21. The van der Waals surface area contributed by atoms with Gasteiger partial charge in [0.05, 0.1) is 0 Å². The Hall–Kier alpha value is -2.69. The van der Waals surface area contributed by atoms with Gasteiger partial charge in [-0.05, 0) is 54.2 Å². The number of hydrogen-bond donors (Lipinski definition) is 3. The Balaban J connectivity index is 2.24. The van der Waals surface area contributed by atoms with Crippen LogP contribution in [-0.2, 0) is 11.3 Å². The number of aryl methyl sites for hydroxylation is 1. The van der Waals surface area contributed by atoms with Crippen LogP contribution in [0.15, 0.2) is 30.3 Å². The lowest BCUT2D eigenvalue weighted by Crippen LogP contribution is -2.21. The van der Waals surface area contributed by atoms with E-state index in [9.17, 15) is 9.18 Å². The van der Waals surface area contributed by atoms with Crippen LogP contribution >= 0.6 is 0 Å². The van der Waals surface area contributed by atoms with Gasteiger partial charge < -0.3 is 16.0 Å². The molecule has 0 aliphatic heterocycles. The molecule has 0 atom stereocenters. The standard InChI is InChI=1S/C22H28FN3O/c1-14-10-19(25-13-16-6-8-17(23)9-7-16)18(12-24)15(2)21(14)26-20(27)11-22(3,4)5/h6-10,12,24-25H,11,13H2,1-5H3,(H,26,27). The Bertz CT molecular complexity index is 836. The molecule has 0 saturated heterocycles. The lowest BCUT2D eigenvalue weighted by atomic mass is 9.91. The van der Waals surface area contributed by atoms with Gasteiger partial charge in [0.2, 0.25) is 5.91 Å². The molecule has 0 radical (unpaired) electrons. The summed E-state index contributed by atoms with van der Waals surface area (Å²) in [5.41, 5.74) is 4.95. The van der Waals surface area contributed by atoms with Gasteiger partial charge in [-0.2, -0.15) is 0 Å². The zero-order chi connectivity index (χ0) is 20.2. The molecule has 144 valence electrons. The normalized spacial score (nSPS) is 11.2. The first-order chi connectivity index (χ1) is 12.6. The summed E-state index contributed by atoms with van der Waals surface area (Å²) >= 11 is 0. The first-order valence-electron chi connectivity index (χ1n) is 9.03. The number of rotatable bonds is 6. The van der Waals surface area contributed by atoms with Crippen molar-refractivity contribution >= 4 is 23.5 Å². The molecule has 0 unspecified atom stereocenters. The van der Waals surface area contributed by atoms with E-state index in [2.05, 4.69) is 10.6 Å².